The molecular weight excluding hydrogens is 215 g/mol. The number of hydrogen-bond acceptors (Lipinski definition) is 1. The maximum Gasteiger partial charge on any atom is 0.0563 e. The third-order valence-electron chi connectivity index (χ3n) is 2.78. The van der Waals surface area contributed by atoms with E-state index >= 15 is 0 Å². The van der Waals surface area contributed by atoms with Crippen LogP contribution in [0.4, 0.5) is 0 Å². The van der Waals surface area contributed by atoms with Gasteiger partial charge in [-0.05, 0) is 12.6 Å². The van der Waals surface area contributed by atoms with E-state index in [0.29, 0.717) is 0 Å². The van der Waals surface area contributed by atoms with Crippen molar-refractivity contribution in [1.82, 2.24) is 0 Å². The zero-order chi connectivity index (χ0) is 11.6. The Labute approximate surface area is 101 Å². The van der Waals surface area contributed by atoms with Crippen LogP contribution in [0.5, 0.6) is 0 Å². The van der Waals surface area contributed by atoms with Gasteiger partial charge in [-0.15, -0.1) is 0 Å². The van der Waals surface area contributed by atoms with Crippen molar-refractivity contribution in [3.8, 4) is 0 Å². The van der Waals surface area contributed by atoms with E-state index in [1.807, 2.05) is 30.3 Å². The van der Waals surface area contributed by atoms with Crippen LogP contribution in [0.15, 0.2) is 30.3 Å². The molecule has 0 saturated heterocycles. The van der Waals surface area contributed by atoms with Crippen LogP contribution in [0.25, 0.3) is 0 Å². The Morgan fingerprint density at radius 1 is 0.938 bits per heavy atom. The van der Waals surface area contributed by atoms with Crippen LogP contribution >= 0.6 is 8.15 Å². The first-order chi connectivity index (χ1) is 7.84. The monoisotopic (exact) mass is 238 g/mol. The molecule has 90 valence electrons. The van der Waals surface area contributed by atoms with Gasteiger partial charge in [0.1, 0.15) is 0 Å². The maximum absolute atomic E-state index is 9.99. The van der Waals surface area contributed by atoms with Gasteiger partial charge in [-0.1, -0.05) is 69.4 Å². The largest absolute Gasteiger partial charge is 0.369 e. The fourth-order valence-electron chi connectivity index (χ4n) is 1.77. The summed E-state index contributed by atoms with van der Waals surface area (Å²) < 4.78 is 0. The molecular formula is C14H23OP. The van der Waals surface area contributed by atoms with E-state index in [0.717, 1.165) is 11.5 Å². The van der Waals surface area contributed by atoms with Gasteiger partial charge in [-0.3, -0.25) is 0 Å². The molecule has 1 aromatic rings. The molecule has 1 N–H and O–H groups in total. The minimum Gasteiger partial charge on any atom is -0.369 e. The van der Waals surface area contributed by atoms with Gasteiger partial charge >= 0.3 is 0 Å². The highest BCUT2D eigenvalue weighted by Gasteiger charge is 2.05. The SMILES string of the molecule is CCCCCCCCP(O)c1ccccc1. The van der Waals surface area contributed by atoms with Gasteiger partial charge < -0.3 is 4.89 Å². The minimum atomic E-state index is -0.900. The lowest BCUT2D eigenvalue weighted by Crippen LogP contribution is -2.01. The Kier molecular flexibility index (Phi) is 7.46. The summed E-state index contributed by atoms with van der Waals surface area (Å²) in [7, 11) is -0.900. The minimum absolute atomic E-state index is 0.900. The average molecular weight is 238 g/mol. The molecule has 0 aliphatic rings. The van der Waals surface area contributed by atoms with E-state index in [2.05, 4.69) is 6.92 Å². The smallest absolute Gasteiger partial charge is 0.0563 e. The molecule has 2 heteroatoms. The van der Waals surface area contributed by atoms with E-state index < -0.39 is 8.15 Å². The molecule has 1 aromatic carbocycles. The highest BCUT2D eigenvalue weighted by Crippen LogP contribution is 2.30. The Hall–Kier alpha value is -0.390. The first kappa shape index (κ1) is 13.7. The molecule has 0 heterocycles. The molecule has 0 aromatic heterocycles. The van der Waals surface area contributed by atoms with Gasteiger partial charge in [-0.25, -0.2) is 0 Å². The summed E-state index contributed by atoms with van der Waals surface area (Å²) in [6, 6.07) is 10.1. The van der Waals surface area contributed by atoms with Gasteiger partial charge in [0.15, 0.2) is 0 Å². The molecule has 0 saturated carbocycles. The second kappa shape index (κ2) is 8.73. The predicted octanol–water partition coefficient (Wildman–Crippen LogP) is 4.06. The van der Waals surface area contributed by atoms with Gasteiger partial charge in [0, 0.05) is 5.30 Å². The summed E-state index contributed by atoms with van der Waals surface area (Å²) >= 11 is 0. The Balaban J connectivity index is 2.09. The summed E-state index contributed by atoms with van der Waals surface area (Å²) in [6.45, 7) is 2.24. The topological polar surface area (TPSA) is 20.2 Å². The van der Waals surface area contributed by atoms with Crippen LogP contribution in [0, 0.1) is 0 Å². The molecule has 1 atom stereocenters. The van der Waals surface area contributed by atoms with Crippen molar-refractivity contribution in [2.75, 3.05) is 6.16 Å². The molecule has 1 rings (SSSR count). The van der Waals surface area contributed by atoms with Crippen molar-refractivity contribution in [3.63, 3.8) is 0 Å². The summed E-state index contributed by atoms with van der Waals surface area (Å²) in [5.41, 5.74) is 0. The van der Waals surface area contributed by atoms with Crippen molar-refractivity contribution >= 4 is 13.5 Å². The van der Waals surface area contributed by atoms with Crippen LogP contribution < -0.4 is 5.30 Å². The number of rotatable bonds is 8. The summed E-state index contributed by atoms with van der Waals surface area (Å²) in [6.07, 6.45) is 8.73. The molecule has 16 heavy (non-hydrogen) atoms. The maximum atomic E-state index is 9.99. The van der Waals surface area contributed by atoms with E-state index in [9.17, 15) is 4.89 Å². The third kappa shape index (κ3) is 5.63. The van der Waals surface area contributed by atoms with Crippen molar-refractivity contribution in [1.29, 1.82) is 0 Å². The molecule has 0 bridgehead atoms. The Morgan fingerprint density at radius 3 is 2.25 bits per heavy atom. The van der Waals surface area contributed by atoms with Crippen LogP contribution in [0.1, 0.15) is 45.4 Å². The first-order valence-corrected chi connectivity index (χ1v) is 7.84. The van der Waals surface area contributed by atoms with Gasteiger partial charge in [0.25, 0.3) is 0 Å². The zero-order valence-electron chi connectivity index (χ0n) is 10.2. The van der Waals surface area contributed by atoms with Crippen molar-refractivity contribution in [2.45, 2.75) is 45.4 Å². The normalized spacial score (nSPS) is 12.6. The first-order valence-electron chi connectivity index (χ1n) is 6.36. The van der Waals surface area contributed by atoms with E-state index in [1.165, 1.54) is 38.5 Å². The fraction of sp³-hybridized carbons (Fsp3) is 0.571. The third-order valence-corrected chi connectivity index (χ3v) is 4.41. The molecule has 1 unspecified atom stereocenters. The molecule has 0 aliphatic carbocycles. The van der Waals surface area contributed by atoms with Crippen LogP contribution in [0.3, 0.4) is 0 Å². The van der Waals surface area contributed by atoms with Crippen molar-refractivity contribution in [3.05, 3.63) is 30.3 Å². The Morgan fingerprint density at radius 2 is 1.56 bits per heavy atom. The van der Waals surface area contributed by atoms with Gasteiger partial charge in [0.2, 0.25) is 0 Å². The molecule has 1 nitrogen and oxygen atoms in total. The van der Waals surface area contributed by atoms with Crippen molar-refractivity contribution < 1.29 is 4.89 Å². The van der Waals surface area contributed by atoms with E-state index in [4.69, 9.17) is 0 Å². The highest BCUT2D eigenvalue weighted by atomic mass is 31.1. The van der Waals surface area contributed by atoms with Gasteiger partial charge in [0.05, 0.1) is 8.15 Å². The Bertz CT molecular complexity index is 261. The van der Waals surface area contributed by atoms with Crippen LogP contribution in [0.2, 0.25) is 0 Å². The summed E-state index contributed by atoms with van der Waals surface area (Å²) in [5, 5.41) is 1.12. The summed E-state index contributed by atoms with van der Waals surface area (Å²) in [4.78, 5) is 9.99. The predicted molar refractivity (Wildman–Crippen MR) is 73.5 cm³/mol. The lowest BCUT2D eigenvalue weighted by Gasteiger charge is -2.10. The molecule has 0 aliphatic heterocycles. The van der Waals surface area contributed by atoms with Gasteiger partial charge in [-0.2, -0.15) is 0 Å². The molecule has 0 spiro atoms. The fourth-order valence-corrected chi connectivity index (χ4v) is 3.07. The number of hydrogen-bond donors (Lipinski definition) is 1. The molecule has 0 radical (unpaired) electrons. The second-order valence-corrected chi connectivity index (χ2v) is 5.99. The summed E-state index contributed by atoms with van der Waals surface area (Å²) in [5.74, 6) is 0. The van der Waals surface area contributed by atoms with Crippen molar-refractivity contribution in [2.24, 2.45) is 0 Å². The highest BCUT2D eigenvalue weighted by molar-refractivity contribution is 7.59. The average Bonchev–Trinajstić information content (AvgIpc) is 2.34. The van der Waals surface area contributed by atoms with E-state index in [-0.39, 0.29) is 0 Å². The van der Waals surface area contributed by atoms with Crippen LogP contribution in [-0.2, 0) is 0 Å². The zero-order valence-corrected chi connectivity index (χ0v) is 11.1. The van der Waals surface area contributed by atoms with E-state index in [1.54, 1.807) is 0 Å². The standard InChI is InChI=1S/C14H23OP/c1-2-3-4-5-6-10-13-16(15)14-11-8-7-9-12-14/h7-9,11-12,15H,2-6,10,13H2,1H3. The number of unbranched alkanes of at least 4 members (excludes halogenated alkanes) is 5. The lowest BCUT2D eigenvalue weighted by molar-refractivity contribution is 0.606. The molecule has 0 amide bonds. The lowest BCUT2D eigenvalue weighted by atomic mass is 10.1. The second-order valence-electron chi connectivity index (χ2n) is 4.23. The number of benzene rings is 1. The van der Waals surface area contributed by atoms with Crippen LogP contribution in [-0.4, -0.2) is 11.1 Å². The molecule has 0 fully saturated rings. The quantitative estimate of drug-likeness (QED) is 0.535.